The second-order valence-electron chi connectivity index (χ2n) is 5.25. The molecule has 0 amide bonds. The van der Waals surface area contributed by atoms with Crippen molar-refractivity contribution < 1.29 is 8.42 Å². The third-order valence-electron chi connectivity index (χ3n) is 3.99. The SMILES string of the molecule is Nc1ncc(Cl)cc1S(=O)(=O)N1C2CCNCC1CC2. The molecule has 0 spiro atoms. The minimum Gasteiger partial charge on any atom is -0.383 e. The smallest absolute Gasteiger partial charge is 0.247 e. The van der Waals surface area contributed by atoms with Gasteiger partial charge in [0.25, 0.3) is 0 Å². The van der Waals surface area contributed by atoms with Gasteiger partial charge in [-0.25, -0.2) is 13.4 Å². The first-order valence-electron chi connectivity index (χ1n) is 6.65. The number of nitrogens with two attached hydrogens (primary N) is 1. The van der Waals surface area contributed by atoms with Crippen LogP contribution in [0.1, 0.15) is 19.3 Å². The van der Waals surface area contributed by atoms with Crippen LogP contribution in [0.4, 0.5) is 5.82 Å². The molecule has 3 N–H and O–H groups in total. The number of aromatic nitrogens is 1. The summed E-state index contributed by atoms with van der Waals surface area (Å²) in [5, 5.41) is 3.56. The first-order chi connectivity index (χ1) is 9.50. The quantitative estimate of drug-likeness (QED) is 0.844. The average molecular weight is 317 g/mol. The maximum Gasteiger partial charge on any atom is 0.247 e. The summed E-state index contributed by atoms with van der Waals surface area (Å²) in [6.07, 6.45) is 3.96. The zero-order chi connectivity index (χ0) is 14.3. The van der Waals surface area contributed by atoms with E-state index in [0.29, 0.717) is 6.54 Å². The minimum atomic E-state index is -3.65. The second-order valence-corrected chi connectivity index (χ2v) is 7.50. The lowest BCUT2D eigenvalue weighted by molar-refractivity contribution is 0.334. The number of nitrogen functional groups attached to an aromatic ring is 1. The summed E-state index contributed by atoms with van der Waals surface area (Å²) in [6.45, 7) is 1.53. The molecule has 2 saturated heterocycles. The molecule has 2 bridgehead atoms. The monoisotopic (exact) mass is 316 g/mol. The van der Waals surface area contributed by atoms with Gasteiger partial charge in [-0.3, -0.25) is 0 Å². The molecule has 2 fully saturated rings. The van der Waals surface area contributed by atoms with E-state index in [-0.39, 0.29) is 27.8 Å². The molecule has 2 aliphatic rings. The Kier molecular flexibility index (Phi) is 3.62. The van der Waals surface area contributed by atoms with Crippen LogP contribution >= 0.6 is 11.6 Å². The van der Waals surface area contributed by atoms with E-state index in [0.717, 1.165) is 25.8 Å². The highest BCUT2D eigenvalue weighted by Crippen LogP contribution is 2.35. The van der Waals surface area contributed by atoms with E-state index in [1.54, 1.807) is 4.31 Å². The fourth-order valence-electron chi connectivity index (χ4n) is 3.08. The van der Waals surface area contributed by atoms with E-state index in [1.807, 2.05) is 0 Å². The number of rotatable bonds is 2. The lowest BCUT2D eigenvalue weighted by Crippen LogP contribution is -2.42. The normalized spacial score (nSPS) is 27.4. The first-order valence-corrected chi connectivity index (χ1v) is 8.47. The van der Waals surface area contributed by atoms with Crippen LogP contribution in [0.2, 0.25) is 5.02 Å². The molecule has 6 nitrogen and oxygen atoms in total. The third-order valence-corrected chi connectivity index (χ3v) is 6.23. The van der Waals surface area contributed by atoms with Crippen LogP contribution in [0.15, 0.2) is 17.2 Å². The molecule has 2 aliphatic heterocycles. The van der Waals surface area contributed by atoms with E-state index in [9.17, 15) is 8.42 Å². The third kappa shape index (κ3) is 2.28. The fraction of sp³-hybridized carbons (Fsp3) is 0.583. The van der Waals surface area contributed by atoms with Gasteiger partial charge in [0.15, 0.2) is 0 Å². The highest BCUT2D eigenvalue weighted by Gasteiger charge is 2.43. The number of fused-ring (bicyclic) bond motifs is 2. The number of nitrogens with one attached hydrogen (secondary N) is 1. The lowest BCUT2D eigenvalue weighted by Gasteiger charge is -2.27. The van der Waals surface area contributed by atoms with Crippen LogP contribution in [-0.4, -0.2) is 42.9 Å². The maximum atomic E-state index is 12.9. The van der Waals surface area contributed by atoms with Gasteiger partial charge in [0.05, 0.1) is 5.02 Å². The van der Waals surface area contributed by atoms with Gasteiger partial charge >= 0.3 is 0 Å². The first kappa shape index (κ1) is 14.1. The summed E-state index contributed by atoms with van der Waals surface area (Å²) in [4.78, 5) is 3.88. The van der Waals surface area contributed by atoms with Crippen LogP contribution in [0.5, 0.6) is 0 Å². The summed E-state index contributed by atoms with van der Waals surface area (Å²) in [5.41, 5.74) is 5.74. The molecule has 1 aromatic heterocycles. The van der Waals surface area contributed by atoms with Crippen LogP contribution in [0, 0.1) is 0 Å². The molecular weight excluding hydrogens is 300 g/mol. The Labute approximate surface area is 123 Å². The largest absolute Gasteiger partial charge is 0.383 e. The Morgan fingerprint density at radius 1 is 1.35 bits per heavy atom. The topological polar surface area (TPSA) is 88.3 Å². The van der Waals surface area contributed by atoms with Crippen molar-refractivity contribution >= 4 is 27.4 Å². The van der Waals surface area contributed by atoms with Gasteiger partial charge in [0.2, 0.25) is 10.0 Å². The molecule has 8 heteroatoms. The van der Waals surface area contributed by atoms with E-state index in [4.69, 9.17) is 17.3 Å². The summed E-state index contributed by atoms with van der Waals surface area (Å²) in [7, 11) is -3.65. The number of sulfonamides is 1. The molecule has 0 radical (unpaired) electrons. The van der Waals surface area contributed by atoms with Gasteiger partial charge in [-0.2, -0.15) is 4.31 Å². The van der Waals surface area contributed by atoms with E-state index in [2.05, 4.69) is 10.3 Å². The minimum absolute atomic E-state index is 0.00556. The van der Waals surface area contributed by atoms with Gasteiger partial charge in [-0.1, -0.05) is 11.6 Å². The highest BCUT2D eigenvalue weighted by molar-refractivity contribution is 7.89. The zero-order valence-corrected chi connectivity index (χ0v) is 12.5. The number of anilines is 1. The van der Waals surface area contributed by atoms with Crippen molar-refractivity contribution in [2.75, 3.05) is 18.8 Å². The van der Waals surface area contributed by atoms with Gasteiger partial charge in [0.1, 0.15) is 10.7 Å². The molecular formula is C12H17ClN4O2S. The van der Waals surface area contributed by atoms with Crippen LogP contribution < -0.4 is 11.1 Å². The van der Waals surface area contributed by atoms with Crippen LogP contribution in [0.25, 0.3) is 0 Å². The van der Waals surface area contributed by atoms with E-state index < -0.39 is 10.0 Å². The predicted octanol–water partition coefficient (Wildman–Crippen LogP) is 0.832. The van der Waals surface area contributed by atoms with Gasteiger partial charge < -0.3 is 11.1 Å². The number of pyridine rings is 1. The predicted molar refractivity (Wildman–Crippen MR) is 77.0 cm³/mol. The van der Waals surface area contributed by atoms with Crippen molar-refractivity contribution in [1.29, 1.82) is 0 Å². The Balaban J connectivity index is 2.05. The Hall–Kier alpha value is -0.890. The molecule has 2 atom stereocenters. The number of halogens is 1. The van der Waals surface area contributed by atoms with Gasteiger partial charge in [-0.05, 0) is 31.9 Å². The fourth-order valence-corrected chi connectivity index (χ4v) is 5.30. The van der Waals surface area contributed by atoms with Crippen molar-refractivity contribution in [3.8, 4) is 0 Å². The van der Waals surface area contributed by atoms with E-state index in [1.165, 1.54) is 12.3 Å². The van der Waals surface area contributed by atoms with E-state index >= 15 is 0 Å². The Bertz CT molecular complexity index is 608. The van der Waals surface area contributed by atoms with Crippen molar-refractivity contribution in [2.24, 2.45) is 0 Å². The molecule has 3 heterocycles. The molecule has 0 saturated carbocycles. The van der Waals surface area contributed by atoms with Gasteiger partial charge in [-0.15, -0.1) is 0 Å². The van der Waals surface area contributed by atoms with Gasteiger partial charge in [0, 0.05) is 24.8 Å². The highest BCUT2D eigenvalue weighted by atomic mass is 35.5. The van der Waals surface area contributed by atoms with Crippen LogP contribution in [-0.2, 0) is 10.0 Å². The van der Waals surface area contributed by atoms with Crippen molar-refractivity contribution in [2.45, 2.75) is 36.2 Å². The Morgan fingerprint density at radius 3 is 2.90 bits per heavy atom. The van der Waals surface area contributed by atoms with Crippen molar-refractivity contribution in [1.82, 2.24) is 14.6 Å². The summed E-state index contributed by atoms with van der Waals surface area (Å²) in [5.74, 6) is 0.00556. The number of hydrogen-bond donors (Lipinski definition) is 2. The molecule has 20 heavy (non-hydrogen) atoms. The summed E-state index contributed by atoms with van der Waals surface area (Å²) >= 11 is 5.87. The lowest BCUT2D eigenvalue weighted by atomic mass is 10.1. The molecule has 110 valence electrons. The number of hydrogen-bond acceptors (Lipinski definition) is 5. The average Bonchev–Trinajstić information content (AvgIpc) is 2.66. The van der Waals surface area contributed by atoms with Crippen molar-refractivity contribution in [3.63, 3.8) is 0 Å². The second kappa shape index (κ2) is 5.14. The molecule has 0 aliphatic carbocycles. The summed E-state index contributed by atoms with van der Waals surface area (Å²) in [6, 6.07) is 1.42. The molecule has 2 unspecified atom stereocenters. The number of nitrogens with zero attached hydrogens (tertiary/aromatic N) is 2. The summed E-state index contributed by atoms with van der Waals surface area (Å²) < 4.78 is 27.4. The molecule has 0 aromatic carbocycles. The molecule has 3 rings (SSSR count). The Morgan fingerprint density at radius 2 is 2.10 bits per heavy atom. The maximum absolute atomic E-state index is 12.9. The van der Waals surface area contributed by atoms with Crippen molar-refractivity contribution in [3.05, 3.63) is 17.3 Å². The zero-order valence-electron chi connectivity index (χ0n) is 10.9. The molecule has 1 aromatic rings. The van der Waals surface area contributed by atoms with Crippen LogP contribution in [0.3, 0.4) is 0 Å². The standard InChI is InChI=1S/C12H17ClN4O2S/c13-8-5-11(12(14)16-6-8)20(18,19)17-9-1-2-10(17)7-15-4-3-9/h5-6,9-10,15H,1-4,7H2,(H2,14,16).